The van der Waals surface area contributed by atoms with Crippen LogP contribution in [0.1, 0.15) is 0 Å². The van der Waals surface area contributed by atoms with Gasteiger partial charge < -0.3 is 10.1 Å². The highest BCUT2D eigenvalue weighted by Gasteiger charge is 2.17. The average Bonchev–Trinajstić information content (AvgIpc) is 2.59. The SMILES string of the molecule is O=C(COc1cc(F)ccc1[N+](=O)[O-])Nc1ccc2ccccc2c1. The molecule has 0 aliphatic rings. The highest BCUT2D eigenvalue weighted by Crippen LogP contribution is 2.27. The normalized spacial score (nSPS) is 10.4. The molecule has 3 aromatic rings. The summed E-state index contributed by atoms with van der Waals surface area (Å²) >= 11 is 0. The number of carbonyl (C=O) groups is 1. The highest BCUT2D eigenvalue weighted by molar-refractivity contribution is 5.95. The first-order valence-electron chi connectivity index (χ1n) is 7.38. The van der Waals surface area contributed by atoms with Crippen LogP contribution in [0.4, 0.5) is 15.8 Å². The molecule has 0 saturated heterocycles. The molecule has 0 radical (unpaired) electrons. The molecular weight excluding hydrogens is 327 g/mol. The van der Waals surface area contributed by atoms with Gasteiger partial charge in [-0.1, -0.05) is 30.3 Å². The van der Waals surface area contributed by atoms with Crippen LogP contribution in [0.15, 0.2) is 60.7 Å². The van der Waals surface area contributed by atoms with Gasteiger partial charge in [0.25, 0.3) is 5.91 Å². The molecule has 0 spiro atoms. The lowest BCUT2D eigenvalue weighted by molar-refractivity contribution is -0.385. The summed E-state index contributed by atoms with van der Waals surface area (Å²) in [6, 6.07) is 15.9. The molecule has 25 heavy (non-hydrogen) atoms. The predicted molar refractivity (Wildman–Crippen MR) is 91.1 cm³/mol. The van der Waals surface area contributed by atoms with Gasteiger partial charge >= 0.3 is 5.69 Å². The summed E-state index contributed by atoms with van der Waals surface area (Å²) in [7, 11) is 0. The maximum absolute atomic E-state index is 13.2. The van der Waals surface area contributed by atoms with Gasteiger partial charge in [-0.3, -0.25) is 14.9 Å². The van der Waals surface area contributed by atoms with Crippen LogP contribution >= 0.6 is 0 Å². The molecule has 0 fully saturated rings. The van der Waals surface area contributed by atoms with E-state index in [0.29, 0.717) is 5.69 Å². The van der Waals surface area contributed by atoms with Crippen molar-refractivity contribution in [2.45, 2.75) is 0 Å². The van der Waals surface area contributed by atoms with Crippen molar-refractivity contribution in [2.75, 3.05) is 11.9 Å². The summed E-state index contributed by atoms with van der Waals surface area (Å²) in [4.78, 5) is 22.2. The zero-order chi connectivity index (χ0) is 17.8. The topological polar surface area (TPSA) is 81.5 Å². The Morgan fingerprint density at radius 1 is 1.08 bits per heavy atom. The van der Waals surface area contributed by atoms with Gasteiger partial charge in [0.2, 0.25) is 5.75 Å². The van der Waals surface area contributed by atoms with E-state index in [4.69, 9.17) is 4.74 Å². The lowest BCUT2D eigenvalue weighted by atomic mass is 10.1. The van der Waals surface area contributed by atoms with Crippen molar-refractivity contribution in [1.29, 1.82) is 0 Å². The van der Waals surface area contributed by atoms with Crippen LogP contribution in [0.25, 0.3) is 10.8 Å². The quantitative estimate of drug-likeness (QED) is 0.564. The molecular formula is C18H13FN2O4. The Hall–Kier alpha value is -3.48. The Balaban J connectivity index is 1.68. The highest BCUT2D eigenvalue weighted by atomic mass is 19.1. The van der Waals surface area contributed by atoms with Crippen molar-refractivity contribution >= 4 is 28.1 Å². The van der Waals surface area contributed by atoms with E-state index in [9.17, 15) is 19.3 Å². The van der Waals surface area contributed by atoms with Gasteiger partial charge in [0.15, 0.2) is 6.61 Å². The van der Waals surface area contributed by atoms with Crippen molar-refractivity contribution in [3.05, 3.63) is 76.6 Å². The molecule has 0 aromatic heterocycles. The number of nitrogens with zero attached hydrogens (tertiary/aromatic N) is 1. The van der Waals surface area contributed by atoms with Crippen molar-refractivity contribution in [3.63, 3.8) is 0 Å². The first kappa shape index (κ1) is 16.4. The molecule has 7 heteroatoms. The van der Waals surface area contributed by atoms with Crippen LogP contribution < -0.4 is 10.1 Å². The minimum atomic E-state index is -0.698. The summed E-state index contributed by atoms with van der Waals surface area (Å²) < 4.78 is 18.3. The average molecular weight is 340 g/mol. The van der Waals surface area contributed by atoms with Crippen molar-refractivity contribution in [3.8, 4) is 5.75 Å². The lowest BCUT2D eigenvalue weighted by Gasteiger charge is -2.09. The van der Waals surface area contributed by atoms with E-state index in [1.54, 1.807) is 12.1 Å². The first-order chi connectivity index (χ1) is 12.0. The van der Waals surface area contributed by atoms with Crippen LogP contribution in [0, 0.1) is 15.9 Å². The van der Waals surface area contributed by atoms with E-state index >= 15 is 0 Å². The zero-order valence-corrected chi connectivity index (χ0v) is 12.9. The molecule has 6 nitrogen and oxygen atoms in total. The molecule has 1 amide bonds. The van der Waals surface area contributed by atoms with E-state index in [-0.39, 0.29) is 5.75 Å². The van der Waals surface area contributed by atoms with Crippen molar-refractivity contribution < 1.29 is 18.8 Å². The second-order valence-electron chi connectivity index (χ2n) is 5.27. The maximum atomic E-state index is 13.2. The van der Waals surface area contributed by atoms with Crippen molar-refractivity contribution in [1.82, 2.24) is 0 Å². The Kier molecular flexibility index (Phi) is 4.56. The predicted octanol–water partition coefficient (Wildman–Crippen LogP) is 3.90. The van der Waals surface area contributed by atoms with Gasteiger partial charge in [0, 0.05) is 17.8 Å². The molecule has 0 bridgehead atoms. The molecule has 0 atom stereocenters. The Morgan fingerprint density at radius 2 is 1.84 bits per heavy atom. The second kappa shape index (κ2) is 6.96. The fourth-order valence-electron chi connectivity index (χ4n) is 2.36. The number of hydrogen-bond donors (Lipinski definition) is 1. The molecule has 0 heterocycles. The van der Waals surface area contributed by atoms with E-state index in [2.05, 4.69) is 5.32 Å². The molecule has 0 aliphatic carbocycles. The molecule has 126 valence electrons. The summed E-state index contributed by atoms with van der Waals surface area (Å²) in [6.07, 6.45) is 0. The summed E-state index contributed by atoms with van der Waals surface area (Å²) in [5.74, 6) is -1.48. The summed E-state index contributed by atoms with van der Waals surface area (Å²) in [5, 5.41) is 15.5. The number of nitrogens with one attached hydrogen (secondary N) is 1. The third-order valence-electron chi connectivity index (χ3n) is 3.51. The van der Waals surface area contributed by atoms with Gasteiger partial charge in [-0.25, -0.2) is 4.39 Å². The molecule has 1 N–H and O–H groups in total. The minimum absolute atomic E-state index is 0.293. The Bertz CT molecular complexity index is 959. The van der Waals surface area contributed by atoms with Gasteiger partial charge in [-0.05, 0) is 29.0 Å². The van der Waals surface area contributed by atoms with Crippen LogP contribution in [0.5, 0.6) is 5.75 Å². The van der Waals surface area contributed by atoms with E-state index in [1.165, 1.54) is 0 Å². The van der Waals surface area contributed by atoms with E-state index in [0.717, 1.165) is 29.0 Å². The lowest BCUT2D eigenvalue weighted by Crippen LogP contribution is -2.20. The molecule has 0 saturated carbocycles. The minimum Gasteiger partial charge on any atom is -0.477 e. The standard InChI is InChI=1S/C18H13FN2O4/c19-14-6-8-16(21(23)24)17(10-14)25-11-18(22)20-15-7-5-12-3-1-2-4-13(12)9-15/h1-10H,11H2,(H,20,22). The van der Waals surface area contributed by atoms with Crippen LogP contribution in [0.2, 0.25) is 0 Å². The first-order valence-corrected chi connectivity index (χ1v) is 7.38. The van der Waals surface area contributed by atoms with Crippen LogP contribution in [0.3, 0.4) is 0 Å². The van der Waals surface area contributed by atoms with Gasteiger partial charge in [-0.2, -0.15) is 0 Å². The number of rotatable bonds is 5. The molecule has 3 aromatic carbocycles. The fourth-order valence-corrected chi connectivity index (χ4v) is 2.36. The van der Waals surface area contributed by atoms with Gasteiger partial charge in [-0.15, -0.1) is 0 Å². The number of hydrogen-bond acceptors (Lipinski definition) is 4. The Labute approximate surface area is 142 Å². The van der Waals surface area contributed by atoms with Gasteiger partial charge in [0.05, 0.1) is 4.92 Å². The molecule has 0 unspecified atom stereocenters. The number of amides is 1. The number of fused-ring (bicyclic) bond motifs is 1. The Morgan fingerprint density at radius 3 is 2.60 bits per heavy atom. The number of halogens is 1. The third kappa shape index (κ3) is 3.89. The van der Waals surface area contributed by atoms with E-state index < -0.39 is 28.9 Å². The van der Waals surface area contributed by atoms with Crippen LogP contribution in [-0.4, -0.2) is 17.4 Å². The summed E-state index contributed by atoms with van der Waals surface area (Å²) in [5.41, 5.74) is 0.168. The number of carbonyl (C=O) groups excluding carboxylic acids is 1. The summed E-state index contributed by atoms with van der Waals surface area (Å²) in [6.45, 7) is -0.475. The number of ether oxygens (including phenoxy) is 1. The van der Waals surface area contributed by atoms with Crippen molar-refractivity contribution in [2.24, 2.45) is 0 Å². The molecule has 0 aliphatic heterocycles. The number of nitro groups is 1. The zero-order valence-electron chi connectivity index (χ0n) is 12.9. The smallest absolute Gasteiger partial charge is 0.311 e. The van der Waals surface area contributed by atoms with E-state index in [1.807, 2.05) is 30.3 Å². The maximum Gasteiger partial charge on any atom is 0.311 e. The van der Waals surface area contributed by atoms with Crippen LogP contribution in [-0.2, 0) is 4.79 Å². The number of benzene rings is 3. The van der Waals surface area contributed by atoms with Gasteiger partial charge in [0.1, 0.15) is 5.82 Å². The monoisotopic (exact) mass is 340 g/mol. The third-order valence-corrected chi connectivity index (χ3v) is 3.51. The fraction of sp³-hybridized carbons (Fsp3) is 0.0556. The second-order valence-corrected chi connectivity index (χ2v) is 5.27. The molecule has 3 rings (SSSR count). The largest absolute Gasteiger partial charge is 0.477 e. The number of nitro benzene ring substituents is 1. The number of anilines is 1.